The predicted octanol–water partition coefficient (Wildman–Crippen LogP) is 2.72. The fourth-order valence-electron chi connectivity index (χ4n) is 2.28. The van der Waals surface area contributed by atoms with Crippen LogP contribution in [0.2, 0.25) is 0 Å². The number of aromatic carboxylic acids is 1. The molecule has 2 heterocycles. The number of carboxylic acids is 1. The smallest absolute Gasteiger partial charge is 0.335 e. The molecule has 1 aromatic carbocycles. The van der Waals surface area contributed by atoms with E-state index in [4.69, 9.17) is 9.63 Å². The SMILES string of the molecule is CCCc1noc(Cn2ccc3ccc(C(=O)O)cc32)n1. The normalized spacial score (nSPS) is 11.1. The molecule has 0 saturated carbocycles. The lowest BCUT2D eigenvalue weighted by Gasteiger charge is -2.02. The number of benzene rings is 1. The molecule has 6 heteroatoms. The van der Waals surface area contributed by atoms with Gasteiger partial charge < -0.3 is 14.2 Å². The monoisotopic (exact) mass is 285 g/mol. The highest BCUT2D eigenvalue weighted by Crippen LogP contribution is 2.19. The van der Waals surface area contributed by atoms with Crippen molar-refractivity contribution in [2.75, 3.05) is 0 Å². The Morgan fingerprint density at radius 2 is 2.24 bits per heavy atom. The van der Waals surface area contributed by atoms with Crippen LogP contribution in [0, 0.1) is 0 Å². The quantitative estimate of drug-likeness (QED) is 0.779. The molecular formula is C15H15N3O3. The molecule has 3 rings (SSSR count). The molecule has 0 aliphatic heterocycles. The van der Waals surface area contributed by atoms with Crippen molar-refractivity contribution < 1.29 is 14.4 Å². The standard InChI is InChI=1S/C15H15N3O3/c1-2-3-13-16-14(21-17-13)9-18-7-6-10-4-5-11(15(19)20)8-12(10)18/h4-8H,2-3,9H2,1H3,(H,19,20). The third kappa shape index (κ3) is 2.65. The molecule has 0 unspecified atom stereocenters. The highest BCUT2D eigenvalue weighted by molar-refractivity contribution is 5.93. The van der Waals surface area contributed by atoms with E-state index in [2.05, 4.69) is 17.1 Å². The summed E-state index contributed by atoms with van der Waals surface area (Å²) in [6, 6.07) is 6.98. The maximum atomic E-state index is 11.1. The Hall–Kier alpha value is -2.63. The molecule has 21 heavy (non-hydrogen) atoms. The molecule has 0 bridgehead atoms. The van der Waals surface area contributed by atoms with Crippen LogP contribution in [-0.2, 0) is 13.0 Å². The summed E-state index contributed by atoms with van der Waals surface area (Å²) >= 11 is 0. The summed E-state index contributed by atoms with van der Waals surface area (Å²) in [5, 5.41) is 14.0. The van der Waals surface area contributed by atoms with Crippen LogP contribution in [0.15, 0.2) is 35.0 Å². The molecule has 0 aliphatic carbocycles. The number of hydrogen-bond acceptors (Lipinski definition) is 4. The van der Waals surface area contributed by atoms with Gasteiger partial charge in [0.2, 0.25) is 5.89 Å². The van der Waals surface area contributed by atoms with Crippen LogP contribution >= 0.6 is 0 Å². The fraction of sp³-hybridized carbons (Fsp3) is 0.267. The van der Waals surface area contributed by atoms with E-state index in [0.29, 0.717) is 18.3 Å². The number of aromatic nitrogens is 3. The molecule has 2 aromatic heterocycles. The minimum absolute atomic E-state index is 0.264. The minimum atomic E-state index is -0.937. The topological polar surface area (TPSA) is 81.2 Å². The van der Waals surface area contributed by atoms with E-state index in [1.807, 2.05) is 16.8 Å². The van der Waals surface area contributed by atoms with Crippen LogP contribution in [0.4, 0.5) is 0 Å². The highest BCUT2D eigenvalue weighted by Gasteiger charge is 2.10. The average Bonchev–Trinajstić information content (AvgIpc) is 3.07. The molecule has 6 nitrogen and oxygen atoms in total. The van der Waals surface area contributed by atoms with Crippen molar-refractivity contribution >= 4 is 16.9 Å². The van der Waals surface area contributed by atoms with Gasteiger partial charge in [-0.2, -0.15) is 4.98 Å². The van der Waals surface area contributed by atoms with Gasteiger partial charge in [0, 0.05) is 18.1 Å². The van der Waals surface area contributed by atoms with E-state index in [9.17, 15) is 4.79 Å². The molecule has 3 aromatic rings. The summed E-state index contributed by atoms with van der Waals surface area (Å²) in [5.41, 5.74) is 1.10. The zero-order valence-electron chi connectivity index (χ0n) is 11.6. The number of nitrogens with zero attached hydrogens (tertiary/aromatic N) is 3. The van der Waals surface area contributed by atoms with Crippen LogP contribution in [0.1, 0.15) is 35.4 Å². The molecule has 0 aliphatic rings. The molecule has 0 amide bonds. The second-order valence-corrected chi connectivity index (χ2v) is 4.88. The molecular weight excluding hydrogens is 270 g/mol. The molecule has 0 fully saturated rings. The lowest BCUT2D eigenvalue weighted by atomic mass is 10.2. The van der Waals surface area contributed by atoms with E-state index in [1.54, 1.807) is 18.2 Å². The van der Waals surface area contributed by atoms with Crippen molar-refractivity contribution in [1.82, 2.24) is 14.7 Å². The van der Waals surface area contributed by atoms with Gasteiger partial charge in [0.1, 0.15) is 6.54 Å². The van der Waals surface area contributed by atoms with Gasteiger partial charge in [-0.25, -0.2) is 4.79 Å². The Morgan fingerprint density at radius 1 is 1.38 bits per heavy atom. The third-order valence-electron chi connectivity index (χ3n) is 3.31. The summed E-state index contributed by atoms with van der Waals surface area (Å²) in [5.74, 6) is 0.291. The maximum Gasteiger partial charge on any atom is 0.335 e. The third-order valence-corrected chi connectivity index (χ3v) is 3.31. The lowest BCUT2D eigenvalue weighted by molar-refractivity contribution is 0.0697. The lowest BCUT2D eigenvalue weighted by Crippen LogP contribution is -2.00. The Morgan fingerprint density at radius 3 is 3.00 bits per heavy atom. The highest BCUT2D eigenvalue weighted by atomic mass is 16.5. The van der Waals surface area contributed by atoms with Gasteiger partial charge in [-0.1, -0.05) is 18.1 Å². The summed E-state index contributed by atoms with van der Waals surface area (Å²) < 4.78 is 7.13. The summed E-state index contributed by atoms with van der Waals surface area (Å²) in [6.07, 6.45) is 3.65. The second kappa shape index (κ2) is 5.40. The van der Waals surface area contributed by atoms with Gasteiger partial charge in [-0.3, -0.25) is 0 Å². The second-order valence-electron chi connectivity index (χ2n) is 4.88. The number of carboxylic acid groups (broad SMARTS) is 1. The molecule has 108 valence electrons. The average molecular weight is 285 g/mol. The first kappa shape index (κ1) is 13.4. The van der Waals surface area contributed by atoms with E-state index >= 15 is 0 Å². The van der Waals surface area contributed by atoms with Crippen molar-refractivity contribution in [3.63, 3.8) is 0 Å². The van der Waals surface area contributed by atoms with Gasteiger partial charge in [0.05, 0.1) is 5.56 Å². The summed E-state index contributed by atoms with van der Waals surface area (Å²) in [4.78, 5) is 15.4. The van der Waals surface area contributed by atoms with E-state index in [0.717, 1.165) is 23.7 Å². The Balaban J connectivity index is 1.92. The van der Waals surface area contributed by atoms with Crippen LogP contribution in [0.25, 0.3) is 10.9 Å². The summed E-state index contributed by atoms with van der Waals surface area (Å²) in [7, 11) is 0. The van der Waals surface area contributed by atoms with Crippen LogP contribution in [0.5, 0.6) is 0 Å². The summed E-state index contributed by atoms with van der Waals surface area (Å²) in [6.45, 7) is 2.49. The van der Waals surface area contributed by atoms with Crippen molar-refractivity contribution in [3.05, 3.63) is 47.7 Å². The predicted molar refractivity (Wildman–Crippen MR) is 76.3 cm³/mol. The van der Waals surface area contributed by atoms with Gasteiger partial charge >= 0.3 is 5.97 Å². The molecule has 0 saturated heterocycles. The molecule has 0 spiro atoms. The van der Waals surface area contributed by atoms with Gasteiger partial charge in [-0.15, -0.1) is 0 Å². The molecule has 1 N–H and O–H groups in total. The van der Waals surface area contributed by atoms with Gasteiger partial charge in [0.25, 0.3) is 0 Å². The van der Waals surface area contributed by atoms with Crippen LogP contribution in [-0.4, -0.2) is 25.8 Å². The first-order valence-corrected chi connectivity index (χ1v) is 6.81. The number of aryl methyl sites for hydroxylation is 1. The molecule has 0 atom stereocenters. The Kier molecular flexibility index (Phi) is 3.43. The van der Waals surface area contributed by atoms with Crippen LogP contribution in [0.3, 0.4) is 0 Å². The Bertz CT molecular complexity index is 788. The zero-order valence-corrected chi connectivity index (χ0v) is 11.6. The number of hydrogen-bond donors (Lipinski definition) is 1. The Labute approximate surface area is 121 Å². The number of carbonyl (C=O) groups is 1. The first-order chi connectivity index (χ1) is 10.2. The van der Waals surface area contributed by atoms with Crippen molar-refractivity contribution in [2.45, 2.75) is 26.3 Å². The van der Waals surface area contributed by atoms with Gasteiger partial charge in [0.15, 0.2) is 5.82 Å². The maximum absolute atomic E-state index is 11.1. The van der Waals surface area contributed by atoms with Crippen molar-refractivity contribution in [1.29, 1.82) is 0 Å². The van der Waals surface area contributed by atoms with Gasteiger partial charge in [-0.05, 0) is 30.0 Å². The van der Waals surface area contributed by atoms with E-state index < -0.39 is 5.97 Å². The number of fused-ring (bicyclic) bond motifs is 1. The number of rotatable bonds is 5. The van der Waals surface area contributed by atoms with Crippen molar-refractivity contribution in [3.8, 4) is 0 Å². The zero-order chi connectivity index (χ0) is 14.8. The largest absolute Gasteiger partial charge is 0.478 e. The van der Waals surface area contributed by atoms with E-state index in [-0.39, 0.29) is 5.56 Å². The van der Waals surface area contributed by atoms with Crippen molar-refractivity contribution in [2.24, 2.45) is 0 Å². The van der Waals surface area contributed by atoms with Crippen LogP contribution < -0.4 is 0 Å². The fourth-order valence-corrected chi connectivity index (χ4v) is 2.28. The molecule has 0 radical (unpaired) electrons. The van der Waals surface area contributed by atoms with E-state index in [1.165, 1.54) is 0 Å². The minimum Gasteiger partial charge on any atom is -0.478 e. The first-order valence-electron chi connectivity index (χ1n) is 6.81.